The fourth-order valence-electron chi connectivity index (χ4n) is 1.65. The number of carbonyl (C=O) groups is 2. The second-order valence-electron chi connectivity index (χ2n) is 4.78. The summed E-state index contributed by atoms with van der Waals surface area (Å²) < 4.78 is 0. The molecule has 2 amide bonds. The molecule has 6 heteroatoms. The molecule has 3 N–H and O–H groups in total. The van der Waals surface area contributed by atoms with E-state index in [0.717, 1.165) is 5.56 Å². The number of hydrogen-bond acceptors (Lipinski definition) is 3. The number of aliphatic carboxylic acids is 1. The van der Waals surface area contributed by atoms with Crippen molar-refractivity contribution in [1.29, 1.82) is 0 Å². The molecule has 0 saturated heterocycles. The number of benzene rings is 1. The van der Waals surface area contributed by atoms with Gasteiger partial charge in [0.1, 0.15) is 6.04 Å². The Morgan fingerprint density at radius 3 is 2.45 bits per heavy atom. The summed E-state index contributed by atoms with van der Waals surface area (Å²) in [5.41, 5.74) is 0.869. The smallest absolute Gasteiger partial charge is 0.326 e. The van der Waals surface area contributed by atoms with Crippen LogP contribution in [0.3, 0.4) is 0 Å². The van der Waals surface area contributed by atoms with Crippen LogP contribution >= 0.6 is 0 Å². The summed E-state index contributed by atoms with van der Waals surface area (Å²) in [4.78, 5) is 24.7. The molecular formula is C14H21N3O3. The van der Waals surface area contributed by atoms with E-state index in [4.69, 9.17) is 5.11 Å². The van der Waals surface area contributed by atoms with Crippen LogP contribution in [0, 0.1) is 0 Å². The molecule has 0 aliphatic heterocycles. The molecule has 1 rings (SSSR count). The van der Waals surface area contributed by atoms with Gasteiger partial charge in [-0.05, 0) is 19.7 Å². The molecule has 1 aromatic rings. The van der Waals surface area contributed by atoms with Crippen molar-refractivity contribution < 1.29 is 14.7 Å². The molecule has 0 saturated carbocycles. The number of carboxylic acids is 1. The summed E-state index contributed by atoms with van der Waals surface area (Å²) in [5.74, 6) is -1.04. The molecule has 1 aromatic carbocycles. The minimum absolute atomic E-state index is 0.261. The number of rotatable bonds is 7. The lowest BCUT2D eigenvalue weighted by Gasteiger charge is -2.16. The number of amides is 2. The zero-order valence-electron chi connectivity index (χ0n) is 11.8. The summed E-state index contributed by atoms with van der Waals surface area (Å²) in [5, 5.41) is 14.2. The Morgan fingerprint density at radius 2 is 1.90 bits per heavy atom. The molecule has 110 valence electrons. The maximum atomic E-state index is 11.6. The molecule has 0 aliphatic carbocycles. The van der Waals surface area contributed by atoms with Gasteiger partial charge in [0.05, 0.1) is 0 Å². The SMILES string of the molecule is CN(C)CCNC(=O)N[C@H](Cc1ccccc1)C(=O)O. The van der Waals surface area contributed by atoms with Crippen molar-refractivity contribution in [1.82, 2.24) is 15.5 Å². The summed E-state index contributed by atoms with van der Waals surface area (Å²) in [6.07, 6.45) is 0.261. The maximum Gasteiger partial charge on any atom is 0.326 e. The van der Waals surface area contributed by atoms with E-state index in [1.165, 1.54) is 0 Å². The topological polar surface area (TPSA) is 81.7 Å². The van der Waals surface area contributed by atoms with E-state index in [-0.39, 0.29) is 6.42 Å². The van der Waals surface area contributed by atoms with Crippen LogP contribution in [-0.4, -0.2) is 55.2 Å². The molecule has 0 spiro atoms. The Bertz CT molecular complexity index is 435. The van der Waals surface area contributed by atoms with E-state index < -0.39 is 18.0 Å². The van der Waals surface area contributed by atoms with E-state index in [2.05, 4.69) is 10.6 Å². The van der Waals surface area contributed by atoms with Gasteiger partial charge in [-0.1, -0.05) is 30.3 Å². The van der Waals surface area contributed by atoms with Crippen LogP contribution in [0.25, 0.3) is 0 Å². The zero-order valence-corrected chi connectivity index (χ0v) is 11.8. The molecule has 20 heavy (non-hydrogen) atoms. The van der Waals surface area contributed by atoms with Crippen molar-refractivity contribution >= 4 is 12.0 Å². The molecular weight excluding hydrogens is 258 g/mol. The molecule has 0 radical (unpaired) electrons. The first-order valence-electron chi connectivity index (χ1n) is 6.45. The lowest BCUT2D eigenvalue weighted by atomic mass is 10.1. The molecule has 0 heterocycles. The normalized spacial score (nSPS) is 11.9. The van der Waals surface area contributed by atoms with E-state index in [1.54, 1.807) is 0 Å². The van der Waals surface area contributed by atoms with Gasteiger partial charge in [-0.3, -0.25) is 0 Å². The first-order valence-corrected chi connectivity index (χ1v) is 6.45. The molecule has 6 nitrogen and oxygen atoms in total. The third kappa shape index (κ3) is 6.19. The average molecular weight is 279 g/mol. The molecule has 1 atom stereocenters. The lowest BCUT2D eigenvalue weighted by Crippen LogP contribution is -2.48. The Morgan fingerprint density at radius 1 is 1.25 bits per heavy atom. The van der Waals surface area contributed by atoms with E-state index >= 15 is 0 Å². The highest BCUT2D eigenvalue weighted by atomic mass is 16.4. The molecule has 0 aliphatic rings. The Labute approximate surface area is 118 Å². The predicted octanol–water partition coefficient (Wildman–Crippen LogP) is 0.543. The maximum absolute atomic E-state index is 11.6. The van der Waals surface area contributed by atoms with Crippen LogP contribution in [0.15, 0.2) is 30.3 Å². The monoisotopic (exact) mass is 279 g/mol. The van der Waals surface area contributed by atoms with Crippen molar-refractivity contribution in [3.63, 3.8) is 0 Å². The van der Waals surface area contributed by atoms with Gasteiger partial charge in [-0.15, -0.1) is 0 Å². The van der Waals surface area contributed by atoms with Crippen molar-refractivity contribution in [3.05, 3.63) is 35.9 Å². The fourth-order valence-corrected chi connectivity index (χ4v) is 1.65. The van der Waals surface area contributed by atoms with Crippen LogP contribution in [0.5, 0.6) is 0 Å². The number of carbonyl (C=O) groups excluding carboxylic acids is 1. The number of hydrogen-bond donors (Lipinski definition) is 3. The van der Waals surface area contributed by atoms with Crippen molar-refractivity contribution in [2.24, 2.45) is 0 Å². The largest absolute Gasteiger partial charge is 0.480 e. The highest BCUT2D eigenvalue weighted by Gasteiger charge is 2.19. The van der Waals surface area contributed by atoms with Crippen molar-refractivity contribution in [2.45, 2.75) is 12.5 Å². The zero-order chi connectivity index (χ0) is 15.0. The highest BCUT2D eigenvalue weighted by Crippen LogP contribution is 2.03. The number of carboxylic acid groups (broad SMARTS) is 1. The van der Waals surface area contributed by atoms with E-state index in [0.29, 0.717) is 13.1 Å². The highest BCUT2D eigenvalue weighted by molar-refractivity contribution is 5.82. The van der Waals surface area contributed by atoms with Gasteiger partial charge in [0.25, 0.3) is 0 Å². The lowest BCUT2D eigenvalue weighted by molar-refractivity contribution is -0.139. The molecule has 0 unspecified atom stereocenters. The number of nitrogens with one attached hydrogen (secondary N) is 2. The van der Waals surface area contributed by atoms with Crippen LogP contribution in [0.4, 0.5) is 4.79 Å². The minimum Gasteiger partial charge on any atom is -0.480 e. The van der Waals surface area contributed by atoms with Crippen LogP contribution in [-0.2, 0) is 11.2 Å². The van der Waals surface area contributed by atoms with Crippen LogP contribution in [0.2, 0.25) is 0 Å². The fraction of sp³-hybridized carbons (Fsp3) is 0.429. The third-order valence-corrected chi connectivity index (χ3v) is 2.73. The first kappa shape index (κ1) is 16.0. The Balaban J connectivity index is 2.47. The van der Waals surface area contributed by atoms with Gasteiger partial charge in [0.15, 0.2) is 0 Å². The number of nitrogens with zero attached hydrogens (tertiary/aromatic N) is 1. The molecule has 0 bridgehead atoms. The van der Waals surface area contributed by atoms with Gasteiger partial charge in [-0.2, -0.15) is 0 Å². The second kappa shape index (κ2) is 8.16. The van der Waals surface area contributed by atoms with Crippen LogP contribution in [0.1, 0.15) is 5.56 Å². The Hall–Kier alpha value is -2.08. The number of urea groups is 1. The second-order valence-corrected chi connectivity index (χ2v) is 4.78. The van der Waals surface area contributed by atoms with Gasteiger partial charge in [-0.25, -0.2) is 9.59 Å². The Kier molecular flexibility index (Phi) is 6.52. The van der Waals surface area contributed by atoms with Gasteiger partial charge >= 0.3 is 12.0 Å². The minimum atomic E-state index is -1.04. The third-order valence-electron chi connectivity index (χ3n) is 2.73. The van der Waals surface area contributed by atoms with E-state index in [9.17, 15) is 9.59 Å². The van der Waals surface area contributed by atoms with Crippen molar-refractivity contribution in [2.75, 3.05) is 27.2 Å². The first-order chi connectivity index (χ1) is 9.49. The molecule has 0 fully saturated rings. The number of likely N-dealkylation sites (N-methyl/N-ethyl adjacent to an activating group) is 1. The standard InChI is InChI=1S/C14H21N3O3/c1-17(2)9-8-15-14(20)16-12(13(18)19)10-11-6-4-3-5-7-11/h3-7,12H,8-10H2,1-2H3,(H,18,19)(H2,15,16,20)/t12-/m1/s1. The van der Waals surface area contributed by atoms with Gasteiger partial charge in [0, 0.05) is 19.5 Å². The molecule has 0 aromatic heterocycles. The predicted molar refractivity (Wildman–Crippen MR) is 76.7 cm³/mol. The van der Waals surface area contributed by atoms with Crippen molar-refractivity contribution in [3.8, 4) is 0 Å². The van der Waals surface area contributed by atoms with E-state index in [1.807, 2.05) is 49.3 Å². The summed E-state index contributed by atoms with van der Waals surface area (Å²) in [7, 11) is 3.80. The van der Waals surface area contributed by atoms with Crippen LogP contribution < -0.4 is 10.6 Å². The summed E-state index contributed by atoms with van der Waals surface area (Å²) in [6, 6.07) is 7.81. The van der Waals surface area contributed by atoms with Gasteiger partial charge in [0.2, 0.25) is 0 Å². The summed E-state index contributed by atoms with van der Waals surface area (Å²) in [6.45, 7) is 1.17. The van der Waals surface area contributed by atoms with Gasteiger partial charge < -0.3 is 20.6 Å². The summed E-state index contributed by atoms with van der Waals surface area (Å²) >= 11 is 0. The quantitative estimate of drug-likeness (QED) is 0.680. The average Bonchev–Trinajstić information content (AvgIpc) is 2.38.